The Morgan fingerprint density at radius 1 is 1.19 bits per heavy atom. The number of hydrogen-bond acceptors (Lipinski definition) is 6. The first-order valence-electron chi connectivity index (χ1n) is 8.69. The zero-order chi connectivity index (χ0) is 18.8. The van der Waals surface area contributed by atoms with Crippen LogP contribution in [0.15, 0.2) is 41.2 Å². The quantitative estimate of drug-likeness (QED) is 0.818. The number of anilines is 1. The summed E-state index contributed by atoms with van der Waals surface area (Å²) in [5.74, 6) is -0.585. The molecule has 1 aromatic heterocycles. The molecule has 2 atom stereocenters. The zero-order valence-corrected chi connectivity index (χ0v) is 14.4. The summed E-state index contributed by atoms with van der Waals surface area (Å²) in [6.45, 7) is 1.54. The number of ether oxygens (including phenoxy) is 2. The van der Waals surface area contributed by atoms with E-state index in [1.807, 2.05) is 0 Å². The van der Waals surface area contributed by atoms with Crippen molar-refractivity contribution in [3.63, 3.8) is 0 Å². The van der Waals surface area contributed by atoms with Gasteiger partial charge in [-0.1, -0.05) is 6.07 Å². The Hall–Kier alpha value is -2.78. The van der Waals surface area contributed by atoms with Crippen LogP contribution in [0.1, 0.15) is 10.5 Å². The molecule has 0 radical (unpaired) electrons. The zero-order valence-electron chi connectivity index (χ0n) is 14.4. The van der Waals surface area contributed by atoms with Crippen molar-refractivity contribution in [2.24, 2.45) is 0 Å². The fraction of sp³-hybridized carbons (Fsp3) is 0.389. The van der Waals surface area contributed by atoms with Gasteiger partial charge in [-0.05, 0) is 24.3 Å². The predicted octanol–water partition coefficient (Wildman–Crippen LogP) is 0.629. The number of hydrogen-bond donors (Lipinski definition) is 2. The van der Waals surface area contributed by atoms with Crippen molar-refractivity contribution in [3.8, 4) is 0 Å². The van der Waals surface area contributed by atoms with Gasteiger partial charge in [0.2, 0.25) is 0 Å². The summed E-state index contributed by atoms with van der Waals surface area (Å²) >= 11 is 0. The number of H-pyrrole nitrogens is 1. The van der Waals surface area contributed by atoms with E-state index in [2.05, 4.69) is 15.5 Å². The Balaban J connectivity index is 1.35. The predicted molar refractivity (Wildman–Crippen MR) is 94.1 cm³/mol. The summed E-state index contributed by atoms with van der Waals surface area (Å²) < 4.78 is 25.2. The van der Waals surface area contributed by atoms with Crippen LogP contribution in [0.25, 0.3) is 0 Å². The Kier molecular flexibility index (Phi) is 4.87. The molecule has 142 valence electrons. The van der Waals surface area contributed by atoms with Gasteiger partial charge in [-0.25, -0.2) is 9.49 Å². The smallest absolute Gasteiger partial charge is 0.274 e. The lowest BCUT2D eigenvalue weighted by Crippen LogP contribution is -2.34. The molecular weight excluding hydrogens is 355 g/mol. The maximum Gasteiger partial charge on any atom is 0.274 e. The number of fused-ring (bicyclic) bond motifs is 1. The van der Waals surface area contributed by atoms with Crippen LogP contribution in [0.5, 0.6) is 0 Å². The van der Waals surface area contributed by atoms with Crippen LogP contribution in [0, 0.1) is 5.82 Å². The van der Waals surface area contributed by atoms with E-state index < -0.39 is 0 Å². The molecule has 2 aliphatic rings. The Labute approximate surface area is 154 Å². The van der Waals surface area contributed by atoms with E-state index in [0.717, 1.165) is 0 Å². The molecule has 0 saturated carbocycles. The van der Waals surface area contributed by atoms with Crippen molar-refractivity contribution >= 4 is 11.6 Å². The summed E-state index contributed by atoms with van der Waals surface area (Å²) in [4.78, 5) is 25.2. The molecule has 9 heteroatoms. The minimum absolute atomic E-state index is 0.109. The molecule has 0 aliphatic carbocycles. The van der Waals surface area contributed by atoms with E-state index in [1.54, 1.807) is 17.0 Å². The van der Waals surface area contributed by atoms with Gasteiger partial charge in [0.25, 0.3) is 11.5 Å². The second-order valence-electron chi connectivity index (χ2n) is 6.61. The molecule has 0 unspecified atom stereocenters. The maximum atomic E-state index is 13.3. The lowest BCUT2D eigenvalue weighted by Gasteiger charge is -2.20. The van der Waals surface area contributed by atoms with Crippen molar-refractivity contribution < 1.29 is 18.7 Å². The van der Waals surface area contributed by atoms with Gasteiger partial charge in [0.1, 0.15) is 23.7 Å². The lowest BCUT2D eigenvalue weighted by molar-refractivity contribution is -0.00461. The third kappa shape index (κ3) is 3.99. The van der Waals surface area contributed by atoms with Crippen LogP contribution < -0.4 is 10.9 Å². The van der Waals surface area contributed by atoms with E-state index in [0.29, 0.717) is 32.0 Å². The first kappa shape index (κ1) is 17.6. The largest absolute Gasteiger partial charge is 0.378 e. The van der Waals surface area contributed by atoms with Gasteiger partial charge in [-0.3, -0.25) is 9.59 Å². The van der Waals surface area contributed by atoms with Gasteiger partial charge in [0, 0.05) is 24.8 Å². The number of benzene rings is 1. The fourth-order valence-electron chi connectivity index (χ4n) is 3.28. The molecule has 2 aromatic rings. The van der Waals surface area contributed by atoms with E-state index in [1.165, 1.54) is 24.3 Å². The number of nitrogens with one attached hydrogen (secondary N) is 2. The average Bonchev–Trinajstić information content (AvgIpc) is 2.98. The Morgan fingerprint density at radius 3 is 2.56 bits per heavy atom. The van der Waals surface area contributed by atoms with Gasteiger partial charge in [0.05, 0.1) is 19.3 Å². The third-order valence-corrected chi connectivity index (χ3v) is 4.62. The number of amides is 1. The number of nitrogens with zero attached hydrogens (tertiary/aromatic N) is 2. The molecule has 2 saturated heterocycles. The standard InChI is InChI=1S/C18H19FN4O4/c19-11-2-1-3-12(6-11)20-13-9-26-15-7-23(8-16(15)27-10-13)18(25)14-4-5-17(24)22-21-14/h1-6,13,15-16,20H,7-10H2,(H,22,24)/t15-,16-/m0/s1. The van der Waals surface area contributed by atoms with Crippen molar-refractivity contribution in [2.45, 2.75) is 18.2 Å². The van der Waals surface area contributed by atoms with Crippen LogP contribution in [-0.4, -0.2) is 65.6 Å². The molecule has 8 nitrogen and oxygen atoms in total. The van der Waals surface area contributed by atoms with Crippen LogP contribution in [-0.2, 0) is 9.47 Å². The number of carbonyl (C=O) groups is 1. The maximum absolute atomic E-state index is 13.3. The highest BCUT2D eigenvalue weighted by Gasteiger charge is 2.39. The second kappa shape index (κ2) is 7.45. The second-order valence-corrected chi connectivity index (χ2v) is 6.61. The van der Waals surface area contributed by atoms with E-state index in [4.69, 9.17) is 9.47 Å². The number of rotatable bonds is 3. The SMILES string of the molecule is O=C(c1ccc(=O)[nH]n1)N1C[C@@H]2OCC(Nc3cccc(F)c3)CO[C@H]2C1. The molecule has 1 aromatic carbocycles. The van der Waals surface area contributed by atoms with Crippen molar-refractivity contribution in [2.75, 3.05) is 31.6 Å². The Morgan fingerprint density at radius 2 is 1.93 bits per heavy atom. The van der Waals surface area contributed by atoms with Gasteiger partial charge < -0.3 is 19.7 Å². The van der Waals surface area contributed by atoms with Crippen LogP contribution in [0.3, 0.4) is 0 Å². The topological polar surface area (TPSA) is 96.6 Å². The van der Waals surface area contributed by atoms with Gasteiger partial charge in [0.15, 0.2) is 0 Å². The first-order chi connectivity index (χ1) is 13.1. The van der Waals surface area contributed by atoms with Crippen LogP contribution in [0.2, 0.25) is 0 Å². The van der Waals surface area contributed by atoms with Crippen molar-refractivity contribution in [1.29, 1.82) is 0 Å². The van der Waals surface area contributed by atoms with Crippen LogP contribution in [0.4, 0.5) is 10.1 Å². The number of carbonyl (C=O) groups excluding carboxylic acids is 1. The first-order valence-corrected chi connectivity index (χ1v) is 8.69. The molecule has 0 spiro atoms. The number of halogens is 1. The van der Waals surface area contributed by atoms with E-state index in [-0.39, 0.29) is 41.2 Å². The van der Waals surface area contributed by atoms with Gasteiger partial charge >= 0.3 is 0 Å². The fourth-order valence-corrected chi connectivity index (χ4v) is 3.28. The van der Waals surface area contributed by atoms with E-state index in [9.17, 15) is 14.0 Å². The number of likely N-dealkylation sites (tertiary alicyclic amines) is 1. The van der Waals surface area contributed by atoms with Gasteiger partial charge in [-0.2, -0.15) is 5.10 Å². The molecule has 2 N–H and O–H groups in total. The van der Waals surface area contributed by atoms with E-state index >= 15 is 0 Å². The summed E-state index contributed by atoms with van der Waals surface area (Å²) in [6, 6.07) is 8.79. The molecule has 27 heavy (non-hydrogen) atoms. The lowest BCUT2D eigenvalue weighted by atomic mass is 10.2. The van der Waals surface area contributed by atoms with Crippen molar-refractivity contribution in [1.82, 2.24) is 15.1 Å². The highest BCUT2D eigenvalue weighted by molar-refractivity contribution is 5.92. The highest BCUT2D eigenvalue weighted by atomic mass is 19.1. The Bertz CT molecular complexity index is 853. The monoisotopic (exact) mass is 374 g/mol. The molecule has 2 aliphatic heterocycles. The summed E-state index contributed by atoms with van der Waals surface area (Å²) in [5, 5.41) is 9.23. The van der Waals surface area contributed by atoms with Gasteiger partial charge in [-0.15, -0.1) is 0 Å². The minimum Gasteiger partial charge on any atom is -0.378 e. The summed E-state index contributed by atoms with van der Waals surface area (Å²) in [5.41, 5.74) is 0.485. The molecule has 0 bridgehead atoms. The molecule has 3 heterocycles. The minimum atomic E-state index is -0.360. The number of aromatic amines is 1. The number of aromatic nitrogens is 2. The molecule has 2 fully saturated rings. The summed E-state index contributed by atoms with van der Waals surface area (Å²) in [7, 11) is 0. The molecular formula is C18H19FN4O4. The highest BCUT2D eigenvalue weighted by Crippen LogP contribution is 2.22. The molecule has 4 rings (SSSR count). The third-order valence-electron chi connectivity index (χ3n) is 4.62. The van der Waals surface area contributed by atoms with Crippen LogP contribution >= 0.6 is 0 Å². The average molecular weight is 374 g/mol. The molecule has 1 amide bonds. The summed E-state index contributed by atoms with van der Waals surface area (Å²) in [6.07, 6.45) is -0.480. The van der Waals surface area contributed by atoms with Crippen molar-refractivity contribution in [3.05, 3.63) is 58.3 Å². The normalized spacial score (nSPS) is 22.9.